The predicted molar refractivity (Wildman–Crippen MR) is 83.7 cm³/mol. The van der Waals surface area contributed by atoms with Crippen LogP contribution >= 0.6 is 0 Å². The first-order valence-electron chi connectivity index (χ1n) is 7.21. The number of rotatable bonds is 8. The van der Waals surface area contributed by atoms with Crippen molar-refractivity contribution < 1.29 is 9.72 Å². The molecule has 0 unspecified atom stereocenters. The molecule has 0 aliphatic rings. The standard InChI is InChI=1S/C15H23N3O3/c1-4-5-6-7-10-16-13-9-8-12(15(19)17(2)3)11-14(13)18(20)21/h8-9,11,16H,4-7,10H2,1-3H3. The summed E-state index contributed by atoms with van der Waals surface area (Å²) in [6, 6.07) is 4.55. The van der Waals surface area contributed by atoms with Crippen molar-refractivity contribution in [2.24, 2.45) is 0 Å². The number of hydrogen-bond acceptors (Lipinski definition) is 4. The molecule has 0 spiro atoms. The molecule has 1 rings (SSSR count). The van der Waals surface area contributed by atoms with Gasteiger partial charge in [-0.1, -0.05) is 26.2 Å². The van der Waals surface area contributed by atoms with E-state index in [1.54, 1.807) is 26.2 Å². The first kappa shape index (κ1) is 16.9. The highest BCUT2D eigenvalue weighted by molar-refractivity contribution is 5.95. The number of amides is 1. The molecule has 1 N–H and O–H groups in total. The number of anilines is 1. The van der Waals surface area contributed by atoms with Gasteiger partial charge in [0.15, 0.2) is 0 Å². The lowest BCUT2D eigenvalue weighted by Gasteiger charge is -2.12. The van der Waals surface area contributed by atoms with Crippen LogP contribution in [-0.4, -0.2) is 36.4 Å². The van der Waals surface area contributed by atoms with Crippen LogP contribution in [0.3, 0.4) is 0 Å². The summed E-state index contributed by atoms with van der Waals surface area (Å²) < 4.78 is 0. The molecule has 0 aliphatic carbocycles. The minimum atomic E-state index is -0.458. The van der Waals surface area contributed by atoms with E-state index in [0.29, 0.717) is 17.8 Å². The zero-order valence-corrected chi connectivity index (χ0v) is 12.9. The monoisotopic (exact) mass is 293 g/mol. The average molecular weight is 293 g/mol. The third kappa shape index (κ3) is 5.06. The van der Waals surface area contributed by atoms with E-state index in [9.17, 15) is 14.9 Å². The Bertz CT molecular complexity index is 501. The lowest BCUT2D eigenvalue weighted by molar-refractivity contribution is -0.384. The number of unbranched alkanes of at least 4 members (excludes halogenated alkanes) is 3. The Hall–Kier alpha value is -2.11. The number of hydrogen-bond donors (Lipinski definition) is 1. The summed E-state index contributed by atoms with van der Waals surface area (Å²) in [4.78, 5) is 23.9. The zero-order chi connectivity index (χ0) is 15.8. The van der Waals surface area contributed by atoms with Gasteiger partial charge in [-0.3, -0.25) is 14.9 Å². The van der Waals surface area contributed by atoms with Crippen molar-refractivity contribution in [1.82, 2.24) is 4.90 Å². The maximum atomic E-state index is 11.8. The van der Waals surface area contributed by atoms with Crippen LogP contribution in [0.1, 0.15) is 43.0 Å². The number of benzene rings is 1. The Kier molecular flexibility index (Phi) is 6.65. The normalized spacial score (nSPS) is 10.2. The van der Waals surface area contributed by atoms with E-state index in [0.717, 1.165) is 19.3 Å². The number of carbonyl (C=O) groups excluding carboxylic acids is 1. The van der Waals surface area contributed by atoms with Gasteiger partial charge in [-0.2, -0.15) is 0 Å². The third-order valence-electron chi connectivity index (χ3n) is 3.19. The summed E-state index contributed by atoms with van der Waals surface area (Å²) in [5, 5.41) is 14.2. The molecular formula is C15H23N3O3. The summed E-state index contributed by atoms with van der Waals surface area (Å²) in [5.74, 6) is -0.243. The smallest absolute Gasteiger partial charge is 0.293 e. The van der Waals surface area contributed by atoms with E-state index >= 15 is 0 Å². The van der Waals surface area contributed by atoms with Crippen molar-refractivity contribution in [1.29, 1.82) is 0 Å². The number of nitro benzene ring substituents is 1. The minimum absolute atomic E-state index is 0.0572. The van der Waals surface area contributed by atoms with Crippen LogP contribution in [0.5, 0.6) is 0 Å². The largest absolute Gasteiger partial charge is 0.379 e. The van der Waals surface area contributed by atoms with Crippen molar-refractivity contribution in [3.8, 4) is 0 Å². The number of nitro groups is 1. The van der Waals surface area contributed by atoms with Gasteiger partial charge in [0, 0.05) is 32.3 Å². The molecule has 0 heterocycles. The van der Waals surface area contributed by atoms with Crippen LogP contribution in [0.4, 0.5) is 11.4 Å². The molecule has 0 saturated heterocycles. The van der Waals surface area contributed by atoms with Crippen LogP contribution in [0.25, 0.3) is 0 Å². The van der Waals surface area contributed by atoms with Gasteiger partial charge in [-0.05, 0) is 18.6 Å². The molecule has 0 atom stereocenters. The van der Waals surface area contributed by atoms with E-state index in [-0.39, 0.29) is 11.6 Å². The molecule has 0 bridgehead atoms. The lowest BCUT2D eigenvalue weighted by Crippen LogP contribution is -2.21. The van der Waals surface area contributed by atoms with Gasteiger partial charge in [-0.15, -0.1) is 0 Å². The van der Waals surface area contributed by atoms with Gasteiger partial charge < -0.3 is 10.2 Å². The third-order valence-corrected chi connectivity index (χ3v) is 3.19. The summed E-state index contributed by atoms with van der Waals surface area (Å²) in [6.07, 6.45) is 4.40. The Balaban J connectivity index is 2.80. The van der Waals surface area contributed by atoms with Crippen LogP contribution in [0.2, 0.25) is 0 Å². The summed E-state index contributed by atoms with van der Waals surface area (Å²) in [5.41, 5.74) is 0.730. The van der Waals surface area contributed by atoms with Crippen molar-refractivity contribution in [3.05, 3.63) is 33.9 Å². The topological polar surface area (TPSA) is 75.5 Å². The molecule has 0 aliphatic heterocycles. The summed E-state index contributed by atoms with van der Waals surface area (Å²) in [6.45, 7) is 2.83. The van der Waals surface area contributed by atoms with Crippen molar-refractivity contribution in [2.45, 2.75) is 32.6 Å². The van der Waals surface area contributed by atoms with Gasteiger partial charge >= 0.3 is 0 Å². The number of carbonyl (C=O) groups is 1. The molecule has 1 aromatic carbocycles. The molecule has 1 aromatic rings. The maximum Gasteiger partial charge on any atom is 0.293 e. The van der Waals surface area contributed by atoms with Crippen LogP contribution in [-0.2, 0) is 0 Å². The molecule has 116 valence electrons. The molecule has 21 heavy (non-hydrogen) atoms. The minimum Gasteiger partial charge on any atom is -0.379 e. The van der Waals surface area contributed by atoms with E-state index in [1.165, 1.54) is 17.4 Å². The molecule has 1 amide bonds. The highest BCUT2D eigenvalue weighted by Gasteiger charge is 2.18. The first-order valence-corrected chi connectivity index (χ1v) is 7.21. The predicted octanol–water partition coefficient (Wildman–Crippen LogP) is 3.29. The Labute approximate surface area is 125 Å². The quantitative estimate of drug-likeness (QED) is 0.453. The van der Waals surface area contributed by atoms with Crippen LogP contribution in [0, 0.1) is 10.1 Å². The second-order valence-corrected chi connectivity index (χ2v) is 5.18. The van der Waals surface area contributed by atoms with Gasteiger partial charge in [0.2, 0.25) is 0 Å². The summed E-state index contributed by atoms with van der Waals surface area (Å²) in [7, 11) is 3.24. The van der Waals surface area contributed by atoms with E-state index < -0.39 is 4.92 Å². The van der Waals surface area contributed by atoms with E-state index in [1.807, 2.05) is 0 Å². The highest BCUT2D eigenvalue weighted by atomic mass is 16.6. The van der Waals surface area contributed by atoms with E-state index in [2.05, 4.69) is 12.2 Å². The molecule has 6 heteroatoms. The van der Waals surface area contributed by atoms with Gasteiger partial charge in [0.25, 0.3) is 11.6 Å². The second kappa shape index (κ2) is 8.24. The molecule has 0 radical (unpaired) electrons. The van der Waals surface area contributed by atoms with Gasteiger partial charge in [0.05, 0.1) is 4.92 Å². The summed E-state index contributed by atoms with van der Waals surface area (Å²) >= 11 is 0. The molecule has 0 aromatic heterocycles. The van der Waals surface area contributed by atoms with Crippen molar-refractivity contribution in [3.63, 3.8) is 0 Å². The molecule has 6 nitrogen and oxygen atoms in total. The average Bonchev–Trinajstić information content (AvgIpc) is 2.46. The van der Waals surface area contributed by atoms with Crippen LogP contribution < -0.4 is 5.32 Å². The Morgan fingerprint density at radius 3 is 2.57 bits per heavy atom. The maximum absolute atomic E-state index is 11.8. The number of nitrogens with one attached hydrogen (secondary N) is 1. The fraction of sp³-hybridized carbons (Fsp3) is 0.533. The number of nitrogens with zero attached hydrogens (tertiary/aromatic N) is 2. The lowest BCUT2D eigenvalue weighted by atomic mass is 10.1. The molecular weight excluding hydrogens is 270 g/mol. The van der Waals surface area contributed by atoms with Crippen molar-refractivity contribution in [2.75, 3.05) is 26.0 Å². The van der Waals surface area contributed by atoms with Crippen LogP contribution in [0.15, 0.2) is 18.2 Å². The first-order chi connectivity index (χ1) is 9.97. The van der Waals surface area contributed by atoms with E-state index in [4.69, 9.17) is 0 Å². The Morgan fingerprint density at radius 2 is 2.00 bits per heavy atom. The fourth-order valence-corrected chi connectivity index (χ4v) is 2.00. The SMILES string of the molecule is CCCCCCNc1ccc(C(=O)N(C)C)cc1[N+](=O)[O-]. The molecule has 0 saturated carbocycles. The fourth-order valence-electron chi connectivity index (χ4n) is 2.00. The molecule has 0 fully saturated rings. The van der Waals surface area contributed by atoms with Crippen molar-refractivity contribution >= 4 is 17.3 Å². The second-order valence-electron chi connectivity index (χ2n) is 5.18. The Morgan fingerprint density at radius 1 is 1.29 bits per heavy atom. The van der Waals surface area contributed by atoms with Gasteiger partial charge in [-0.25, -0.2) is 0 Å². The zero-order valence-electron chi connectivity index (χ0n) is 12.9. The highest BCUT2D eigenvalue weighted by Crippen LogP contribution is 2.26. The van der Waals surface area contributed by atoms with Gasteiger partial charge in [0.1, 0.15) is 5.69 Å².